The number of halogens is 1. The van der Waals surface area contributed by atoms with Gasteiger partial charge in [0.2, 0.25) is 5.91 Å². The zero-order chi connectivity index (χ0) is 18.7. The van der Waals surface area contributed by atoms with E-state index in [1.807, 2.05) is 26.0 Å². The molecule has 134 valence electrons. The molecule has 0 fully saturated rings. The van der Waals surface area contributed by atoms with Crippen molar-refractivity contribution in [3.8, 4) is 10.4 Å². The molecule has 0 radical (unpaired) electrons. The van der Waals surface area contributed by atoms with E-state index in [9.17, 15) is 9.18 Å². The summed E-state index contributed by atoms with van der Waals surface area (Å²) in [5.41, 5.74) is 2.69. The lowest BCUT2D eigenvalue weighted by molar-refractivity contribution is -0.125. The molecule has 0 aliphatic heterocycles. The van der Waals surface area contributed by atoms with Gasteiger partial charge in [-0.05, 0) is 49.8 Å². The number of hydrogen-bond donors (Lipinski definition) is 0. The third kappa shape index (κ3) is 4.08. The molecule has 4 nitrogen and oxygen atoms in total. The summed E-state index contributed by atoms with van der Waals surface area (Å²) in [6.07, 6.45) is 3.35. The molecule has 26 heavy (non-hydrogen) atoms. The number of likely N-dealkylation sites (N-methyl/N-ethyl adjacent to an activating group) is 1. The van der Waals surface area contributed by atoms with Gasteiger partial charge in [-0.3, -0.25) is 4.79 Å². The van der Waals surface area contributed by atoms with E-state index in [2.05, 4.69) is 5.16 Å². The number of benzene rings is 1. The summed E-state index contributed by atoms with van der Waals surface area (Å²) in [4.78, 5) is 15.9. The molecule has 0 atom stereocenters. The van der Waals surface area contributed by atoms with Crippen LogP contribution in [0.4, 0.5) is 4.39 Å². The Bertz CT molecular complexity index is 922. The van der Waals surface area contributed by atoms with Crippen LogP contribution in [0.25, 0.3) is 16.5 Å². The van der Waals surface area contributed by atoms with E-state index in [1.165, 1.54) is 12.1 Å². The third-order valence-corrected chi connectivity index (χ3v) is 5.20. The standard InChI is InChI=1S/C20H19FN2O2S/c1-13-18(14(2)25-22-13)12-23(3)20(24)11-9-17-8-10-19(26-17)15-4-6-16(21)7-5-15/h4-11H,12H2,1-3H3/b11-9+. The molecule has 0 unspecified atom stereocenters. The van der Waals surface area contributed by atoms with Crippen LogP contribution in [0.3, 0.4) is 0 Å². The van der Waals surface area contributed by atoms with Crippen molar-refractivity contribution in [1.82, 2.24) is 10.1 Å². The first kappa shape index (κ1) is 18.1. The average molecular weight is 370 g/mol. The van der Waals surface area contributed by atoms with Gasteiger partial charge in [-0.15, -0.1) is 11.3 Å². The first-order valence-electron chi connectivity index (χ1n) is 8.14. The molecule has 1 aromatic carbocycles. The number of aryl methyl sites for hydroxylation is 2. The molecule has 0 spiro atoms. The lowest BCUT2D eigenvalue weighted by atomic mass is 10.2. The fraction of sp³-hybridized carbons (Fsp3) is 0.200. The quantitative estimate of drug-likeness (QED) is 0.604. The van der Waals surface area contributed by atoms with E-state index in [0.717, 1.165) is 32.3 Å². The van der Waals surface area contributed by atoms with Gasteiger partial charge in [0.25, 0.3) is 0 Å². The number of amides is 1. The van der Waals surface area contributed by atoms with Gasteiger partial charge >= 0.3 is 0 Å². The molecule has 2 heterocycles. The van der Waals surface area contributed by atoms with E-state index in [4.69, 9.17) is 4.52 Å². The van der Waals surface area contributed by atoms with Crippen LogP contribution in [0.5, 0.6) is 0 Å². The molecule has 6 heteroatoms. The predicted molar refractivity (Wildman–Crippen MR) is 101 cm³/mol. The maximum atomic E-state index is 13.0. The van der Waals surface area contributed by atoms with E-state index in [-0.39, 0.29) is 11.7 Å². The molecule has 2 aromatic heterocycles. The SMILES string of the molecule is Cc1noc(C)c1CN(C)C(=O)/C=C/c1ccc(-c2ccc(F)cc2)s1. The first-order valence-corrected chi connectivity index (χ1v) is 8.96. The Hall–Kier alpha value is -2.73. The number of carbonyl (C=O) groups is 1. The van der Waals surface area contributed by atoms with E-state index >= 15 is 0 Å². The second kappa shape index (κ2) is 7.66. The Morgan fingerprint density at radius 3 is 2.62 bits per heavy atom. The minimum absolute atomic E-state index is 0.0956. The smallest absolute Gasteiger partial charge is 0.246 e. The number of aromatic nitrogens is 1. The van der Waals surface area contributed by atoms with Gasteiger partial charge < -0.3 is 9.42 Å². The van der Waals surface area contributed by atoms with E-state index in [1.54, 1.807) is 47.6 Å². The van der Waals surface area contributed by atoms with Crippen molar-refractivity contribution in [3.63, 3.8) is 0 Å². The van der Waals surface area contributed by atoms with Crippen LogP contribution in [0, 0.1) is 19.7 Å². The molecule has 0 N–H and O–H groups in total. The van der Waals surface area contributed by atoms with Gasteiger partial charge in [0.1, 0.15) is 11.6 Å². The van der Waals surface area contributed by atoms with Crippen LogP contribution in [-0.4, -0.2) is 23.0 Å². The van der Waals surface area contributed by atoms with Gasteiger partial charge in [0.15, 0.2) is 0 Å². The highest BCUT2D eigenvalue weighted by atomic mass is 32.1. The van der Waals surface area contributed by atoms with Crippen molar-refractivity contribution in [1.29, 1.82) is 0 Å². The Kier molecular flexibility index (Phi) is 5.32. The van der Waals surface area contributed by atoms with Crippen LogP contribution < -0.4 is 0 Å². The summed E-state index contributed by atoms with van der Waals surface area (Å²) in [7, 11) is 1.75. The third-order valence-electron chi connectivity index (χ3n) is 4.10. The molecule has 1 amide bonds. The molecule has 0 saturated carbocycles. The summed E-state index contributed by atoms with van der Waals surface area (Å²) in [6, 6.07) is 10.3. The fourth-order valence-electron chi connectivity index (χ4n) is 2.54. The minimum Gasteiger partial charge on any atom is -0.361 e. The molecule has 3 rings (SSSR count). The summed E-state index contributed by atoms with van der Waals surface area (Å²) in [6.45, 7) is 4.16. The van der Waals surface area contributed by atoms with E-state index < -0.39 is 0 Å². The zero-order valence-electron chi connectivity index (χ0n) is 14.8. The number of nitrogens with zero attached hydrogens (tertiary/aromatic N) is 2. The van der Waals surface area contributed by atoms with Crippen molar-refractivity contribution in [2.45, 2.75) is 20.4 Å². The summed E-state index contributed by atoms with van der Waals surface area (Å²) in [5, 5.41) is 3.91. The van der Waals surface area contributed by atoms with Crippen molar-refractivity contribution in [2.75, 3.05) is 7.05 Å². The van der Waals surface area contributed by atoms with Crippen LogP contribution in [0.2, 0.25) is 0 Å². The Balaban J connectivity index is 1.66. The second-order valence-corrected chi connectivity index (χ2v) is 7.15. The molecule has 0 saturated heterocycles. The number of hydrogen-bond acceptors (Lipinski definition) is 4. The zero-order valence-corrected chi connectivity index (χ0v) is 15.6. The highest BCUT2D eigenvalue weighted by molar-refractivity contribution is 7.16. The lowest BCUT2D eigenvalue weighted by Crippen LogP contribution is -2.24. The van der Waals surface area contributed by atoms with Crippen LogP contribution >= 0.6 is 11.3 Å². The molecule has 0 aliphatic carbocycles. The number of rotatable bonds is 5. The van der Waals surface area contributed by atoms with Crippen molar-refractivity contribution < 1.29 is 13.7 Å². The average Bonchev–Trinajstić information content (AvgIpc) is 3.22. The highest BCUT2D eigenvalue weighted by Gasteiger charge is 2.13. The fourth-order valence-corrected chi connectivity index (χ4v) is 3.45. The summed E-state index contributed by atoms with van der Waals surface area (Å²) < 4.78 is 18.1. The minimum atomic E-state index is -0.252. The molecule has 0 bridgehead atoms. The number of carbonyl (C=O) groups excluding carboxylic acids is 1. The molecule has 3 aromatic rings. The predicted octanol–water partition coefficient (Wildman–Crippen LogP) is 4.83. The van der Waals surface area contributed by atoms with Crippen LogP contribution in [-0.2, 0) is 11.3 Å². The molecular formula is C20H19FN2O2S. The molecule has 0 aliphatic rings. The van der Waals surface area contributed by atoms with Gasteiger partial charge in [-0.25, -0.2) is 4.39 Å². The maximum Gasteiger partial charge on any atom is 0.246 e. The molecular weight excluding hydrogens is 351 g/mol. The Morgan fingerprint density at radius 1 is 1.23 bits per heavy atom. The van der Waals surface area contributed by atoms with Crippen LogP contribution in [0.1, 0.15) is 21.9 Å². The number of thiophene rings is 1. The Morgan fingerprint density at radius 2 is 1.96 bits per heavy atom. The van der Waals surface area contributed by atoms with Gasteiger partial charge in [0, 0.05) is 28.4 Å². The normalized spacial score (nSPS) is 11.2. The van der Waals surface area contributed by atoms with E-state index in [0.29, 0.717) is 6.54 Å². The van der Waals surface area contributed by atoms with Crippen LogP contribution in [0.15, 0.2) is 47.0 Å². The van der Waals surface area contributed by atoms with Gasteiger partial charge in [0.05, 0.1) is 12.2 Å². The van der Waals surface area contributed by atoms with Crippen molar-refractivity contribution in [2.24, 2.45) is 0 Å². The largest absolute Gasteiger partial charge is 0.361 e. The summed E-state index contributed by atoms with van der Waals surface area (Å²) >= 11 is 1.55. The monoisotopic (exact) mass is 370 g/mol. The first-order chi connectivity index (χ1) is 12.4. The Labute approximate surface area is 155 Å². The van der Waals surface area contributed by atoms with Crippen molar-refractivity contribution >= 4 is 23.3 Å². The topological polar surface area (TPSA) is 46.3 Å². The second-order valence-electron chi connectivity index (χ2n) is 6.04. The summed E-state index contributed by atoms with van der Waals surface area (Å²) in [5.74, 6) is 0.382. The highest BCUT2D eigenvalue weighted by Crippen LogP contribution is 2.29. The van der Waals surface area contributed by atoms with Crippen molar-refractivity contribution in [3.05, 3.63) is 70.2 Å². The van der Waals surface area contributed by atoms with Gasteiger partial charge in [-0.1, -0.05) is 17.3 Å². The maximum absolute atomic E-state index is 13.0. The lowest BCUT2D eigenvalue weighted by Gasteiger charge is -2.14. The van der Waals surface area contributed by atoms with Gasteiger partial charge in [-0.2, -0.15) is 0 Å².